The number of rotatable bonds is 1. The molecule has 4 heteroatoms. The number of aromatic nitrogens is 2. The van der Waals surface area contributed by atoms with Crippen LogP contribution in [0.3, 0.4) is 0 Å². The summed E-state index contributed by atoms with van der Waals surface area (Å²) in [5.41, 5.74) is 8.61. The molecular formula is C14H10N4. The highest BCUT2D eigenvalue weighted by Gasteiger charge is 2.09. The Bertz CT molecular complexity index is 765. The number of hydrogen-bond donors (Lipinski definition) is 1. The lowest BCUT2D eigenvalue weighted by Gasteiger charge is -2.08. The van der Waals surface area contributed by atoms with Crippen LogP contribution in [-0.4, -0.2) is 9.78 Å². The minimum absolute atomic E-state index is 0.453. The molecule has 86 valence electrons. The second-order valence-corrected chi connectivity index (χ2v) is 3.97. The third kappa shape index (κ3) is 1.42. The summed E-state index contributed by atoms with van der Waals surface area (Å²) in [6, 6.07) is 15.3. The molecule has 0 unspecified atom stereocenters. The Morgan fingerprint density at radius 1 is 1.11 bits per heavy atom. The predicted molar refractivity (Wildman–Crippen MR) is 70.2 cm³/mol. The van der Waals surface area contributed by atoms with Gasteiger partial charge in [-0.15, -0.1) is 0 Å². The van der Waals surface area contributed by atoms with Crippen LogP contribution in [0.1, 0.15) is 5.56 Å². The molecule has 0 aliphatic carbocycles. The van der Waals surface area contributed by atoms with Gasteiger partial charge >= 0.3 is 0 Å². The first-order valence-electron chi connectivity index (χ1n) is 5.53. The van der Waals surface area contributed by atoms with Crippen LogP contribution in [0.2, 0.25) is 0 Å². The highest BCUT2D eigenvalue weighted by molar-refractivity contribution is 5.82. The van der Waals surface area contributed by atoms with Gasteiger partial charge in [-0.2, -0.15) is 10.4 Å². The zero-order chi connectivity index (χ0) is 12.5. The Hall–Kier alpha value is -2.80. The van der Waals surface area contributed by atoms with Crippen molar-refractivity contribution in [3.05, 3.63) is 54.2 Å². The van der Waals surface area contributed by atoms with Gasteiger partial charge in [-0.25, -0.2) is 4.68 Å². The van der Waals surface area contributed by atoms with Gasteiger partial charge in [0, 0.05) is 5.39 Å². The third-order valence-corrected chi connectivity index (χ3v) is 2.91. The Balaban J connectivity index is 2.31. The summed E-state index contributed by atoms with van der Waals surface area (Å²) in [4.78, 5) is 0. The predicted octanol–water partition coefficient (Wildman–Crippen LogP) is 2.48. The lowest BCUT2D eigenvalue weighted by atomic mass is 10.1. The van der Waals surface area contributed by atoms with E-state index in [1.54, 1.807) is 23.0 Å². The minimum Gasteiger partial charge on any atom is -0.396 e. The Morgan fingerprint density at radius 2 is 1.94 bits per heavy atom. The maximum atomic E-state index is 8.99. The number of benzene rings is 2. The fourth-order valence-corrected chi connectivity index (χ4v) is 2.00. The number of hydrogen-bond acceptors (Lipinski definition) is 3. The monoisotopic (exact) mass is 234 g/mol. The summed E-state index contributed by atoms with van der Waals surface area (Å²) in [6.45, 7) is 0. The van der Waals surface area contributed by atoms with Crippen LogP contribution in [0.5, 0.6) is 0 Å². The van der Waals surface area contributed by atoms with Gasteiger partial charge in [0.1, 0.15) is 6.07 Å². The van der Waals surface area contributed by atoms with Crippen molar-refractivity contribution < 1.29 is 0 Å². The molecule has 0 radical (unpaired) electrons. The van der Waals surface area contributed by atoms with Crippen molar-refractivity contribution >= 4 is 16.6 Å². The van der Waals surface area contributed by atoms with E-state index in [4.69, 9.17) is 11.0 Å². The van der Waals surface area contributed by atoms with E-state index in [-0.39, 0.29) is 0 Å². The summed E-state index contributed by atoms with van der Waals surface area (Å²) >= 11 is 0. The molecule has 0 saturated carbocycles. The fourth-order valence-electron chi connectivity index (χ4n) is 2.00. The first kappa shape index (κ1) is 10.4. The molecule has 2 N–H and O–H groups in total. The number of fused-ring (bicyclic) bond motifs is 1. The normalized spacial score (nSPS) is 10.4. The van der Waals surface area contributed by atoms with E-state index in [1.807, 2.05) is 30.3 Å². The van der Waals surface area contributed by atoms with E-state index in [0.29, 0.717) is 11.3 Å². The molecule has 1 heterocycles. The van der Waals surface area contributed by atoms with Gasteiger partial charge in [-0.3, -0.25) is 0 Å². The summed E-state index contributed by atoms with van der Waals surface area (Å²) in [5, 5.41) is 14.4. The van der Waals surface area contributed by atoms with Gasteiger partial charge in [0.2, 0.25) is 0 Å². The summed E-state index contributed by atoms with van der Waals surface area (Å²) in [7, 11) is 0. The lowest BCUT2D eigenvalue weighted by molar-refractivity contribution is 0.912. The number of nitrogens with two attached hydrogens (primary N) is 1. The van der Waals surface area contributed by atoms with Crippen molar-refractivity contribution in [2.75, 3.05) is 5.73 Å². The molecule has 2 aromatic carbocycles. The minimum atomic E-state index is 0.453. The molecule has 0 saturated heterocycles. The standard InChI is InChI=1S/C14H10N4/c15-8-10-5-3-7-13(14(10)16)18-12-6-2-1-4-11(12)9-17-18/h1-7,9H,16H2. The molecule has 0 aliphatic rings. The van der Waals surface area contributed by atoms with Crippen molar-refractivity contribution in [2.45, 2.75) is 0 Å². The molecule has 0 amide bonds. The molecule has 0 atom stereocenters. The van der Waals surface area contributed by atoms with Crippen LogP contribution < -0.4 is 5.73 Å². The molecule has 0 bridgehead atoms. The van der Waals surface area contributed by atoms with Crippen molar-refractivity contribution in [3.63, 3.8) is 0 Å². The molecule has 3 rings (SSSR count). The number of nitriles is 1. The van der Waals surface area contributed by atoms with Crippen molar-refractivity contribution in [1.29, 1.82) is 5.26 Å². The van der Waals surface area contributed by atoms with Gasteiger partial charge in [0.15, 0.2) is 0 Å². The van der Waals surface area contributed by atoms with E-state index < -0.39 is 0 Å². The largest absolute Gasteiger partial charge is 0.396 e. The summed E-state index contributed by atoms with van der Waals surface area (Å²) in [6.07, 6.45) is 1.79. The van der Waals surface area contributed by atoms with Gasteiger partial charge in [0.05, 0.1) is 28.7 Å². The van der Waals surface area contributed by atoms with Gasteiger partial charge in [-0.1, -0.05) is 24.3 Å². The van der Waals surface area contributed by atoms with Crippen molar-refractivity contribution in [2.24, 2.45) is 0 Å². The van der Waals surface area contributed by atoms with Crippen LogP contribution in [-0.2, 0) is 0 Å². The van der Waals surface area contributed by atoms with Crippen LogP contribution in [0.4, 0.5) is 5.69 Å². The molecular weight excluding hydrogens is 224 g/mol. The Labute approximate surface area is 104 Å². The lowest BCUT2D eigenvalue weighted by Crippen LogP contribution is -2.02. The molecule has 4 nitrogen and oxygen atoms in total. The first-order valence-corrected chi connectivity index (χ1v) is 5.53. The molecule has 0 aliphatic heterocycles. The Morgan fingerprint density at radius 3 is 2.78 bits per heavy atom. The smallest absolute Gasteiger partial charge is 0.101 e. The molecule has 0 fully saturated rings. The molecule has 18 heavy (non-hydrogen) atoms. The molecule has 3 aromatic rings. The van der Waals surface area contributed by atoms with Crippen molar-refractivity contribution in [1.82, 2.24) is 9.78 Å². The van der Waals surface area contributed by atoms with Gasteiger partial charge in [-0.05, 0) is 18.2 Å². The fraction of sp³-hybridized carbons (Fsp3) is 0. The van der Waals surface area contributed by atoms with E-state index in [1.165, 1.54) is 0 Å². The van der Waals surface area contributed by atoms with E-state index in [0.717, 1.165) is 16.6 Å². The number of para-hydroxylation sites is 2. The average Bonchev–Trinajstić information content (AvgIpc) is 2.83. The maximum absolute atomic E-state index is 8.99. The van der Waals surface area contributed by atoms with Crippen LogP contribution in [0.25, 0.3) is 16.6 Å². The third-order valence-electron chi connectivity index (χ3n) is 2.91. The zero-order valence-electron chi connectivity index (χ0n) is 9.54. The SMILES string of the molecule is N#Cc1cccc(-n2ncc3ccccc32)c1N. The highest BCUT2D eigenvalue weighted by atomic mass is 15.3. The topological polar surface area (TPSA) is 67.6 Å². The summed E-state index contributed by atoms with van der Waals surface area (Å²) < 4.78 is 1.76. The summed E-state index contributed by atoms with van der Waals surface area (Å²) in [5.74, 6) is 0. The molecule has 1 aromatic heterocycles. The highest BCUT2D eigenvalue weighted by Crippen LogP contribution is 2.24. The second-order valence-electron chi connectivity index (χ2n) is 3.97. The molecule has 0 spiro atoms. The second kappa shape index (κ2) is 3.90. The zero-order valence-corrected chi connectivity index (χ0v) is 9.54. The number of nitrogen functional groups attached to an aromatic ring is 1. The van der Waals surface area contributed by atoms with E-state index in [2.05, 4.69) is 11.2 Å². The number of anilines is 1. The first-order chi connectivity index (χ1) is 8.81. The van der Waals surface area contributed by atoms with Crippen LogP contribution >= 0.6 is 0 Å². The maximum Gasteiger partial charge on any atom is 0.101 e. The van der Waals surface area contributed by atoms with E-state index >= 15 is 0 Å². The van der Waals surface area contributed by atoms with Crippen molar-refractivity contribution in [3.8, 4) is 11.8 Å². The average molecular weight is 234 g/mol. The Kier molecular flexibility index (Phi) is 2.24. The van der Waals surface area contributed by atoms with Gasteiger partial charge < -0.3 is 5.73 Å². The number of nitrogens with zero attached hydrogens (tertiary/aromatic N) is 3. The van der Waals surface area contributed by atoms with Crippen LogP contribution in [0, 0.1) is 11.3 Å². The van der Waals surface area contributed by atoms with Crippen LogP contribution in [0.15, 0.2) is 48.7 Å². The van der Waals surface area contributed by atoms with E-state index in [9.17, 15) is 0 Å². The quantitative estimate of drug-likeness (QED) is 0.658. The van der Waals surface area contributed by atoms with Gasteiger partial charge in [0.25, 0.3) is 0 Å².